The van der Waals surface area contributed by atoms with Crippen LogP contribution in [0.2, 0.25) is 0 Å². The summed E-state index contributed by atoms with van der Waals surface area (Å²) >= 11 is 0. The Morgan fingerprint density at radius 1 is 0.852 bits per heavy atom. The number of amides is 4. The van der Waals surface area contributed by atoms with Crippen LogP contribution in [0.25, 0.3) is 11.3 Å². The van der Waals surface area contributed by atoms with E-state index in [1.165, 1.54) is 29.7 Å². The van der Waals surface area contributed by atoms with Crippen LogP contribution in [0, 0.1) is 17.0 Å². The third-order valence-electron chi connectivity index (χ3n) is 9.77. The summed E-state index contributed by atoms with van der Waals surface area (Å²) < 4.78 is 41.1. The average Bonchev–Trinajstić information content (AvgIpc) is 3.62. The molecule has 1 aromatic heterocycles. The molecule has 2 saturated heterocycles. The molecule has 2 aliphatic carbocycles. The van der Waals surface area contributed by atoms with Crippen LogP contribution in [-0.4, -0.2) is 103 Å². The number of halogens is 3. The van der Waals surface area contributed by atoms with E-state index in [4.69, 9.17) is 20.6 Å². The number of carbonyl (C=O) groups is 5. The predicted octanol–water partition coefficient (Wildman–Crippen LogP) is 3.33. The molecule has 9 N–H and O–H groups in total. The van der Waals surface area contributed by atoms with Gasteiger partial charge in [0.2, 0.25) is 17.8 Å². The van der Waals surface area contributed by atoms with Crippen LogP contribution in [0.15, 0.2) is 42.2 Å². The summed E-state index contributed by atoms with van der Waals surface area (Å²) in [6.45, 7) is 3.41. The highest BCUT2D eigenvalue weighted by atomic mass is 35.5. The summed E-state index contributed by atoms with van der Waals surface area (Å²) in [5.41, 5.74) is 19.0. The van der Waals surface area contributed by atoms with E-state index in [9.17, 15) is 24.0 Å². The molecule has 3 heterocycles. The summed E-state index contributed by atoms with van der Waals surface area (Å²) in [5, 5.41) is 11.2. The number of aromatic nitrogens is 2. The Hall–Kier alpha value is -6.57. The van der Waals surface area contributed by atoms with Crippen LogP contribution in [-0.2, 0) is 38.3 Å². The van der Waals surface area contributed by atoms with Crippen molar-refractivity contribution in [2.75, 3.05) is 55.8 Å². The third-order valence-corrected chi connectivity index (χ3v) is 9.77. The highest BCUT2D eigenvalue weighted by Crippen LogP contribution is 2.38. The molecule has 21 heteroatoms. The van der Waals surface area contributed by atoms with Gasteiger partial charge < -0.3 is 42.2 Å². The topological polar surface area (TPSA) is 265 Å². The molecule has 328 valence electrons. The van der Waals surface area contributed by atoms with Crippen LogP contribution in [0.3, 0.4) is 0 Å². The molecule has 2 aliphatic heterocycles. The maximum atomic E-state index is 15.4. The van der Waals surface area contributed by atoms with Gasteiger partial charge in [0.1, 0.15) is 12.2 Å². The first-order chi connectivity index (χ1) is 28.4. The number of anilines is 3. The van der Waals surface area contributed by atoms with Crippen molar-refractivity contribution in [3.63, 3.8) is 0 Å². The van der Waals surface area contributed by atoms with Crippen molar-refractivity contribution >= 4 is 65.5 Å². The monoisotopic (exact) mass is 869 g/mol. The second-order valence-corrected chi connectivity index (χ2v) is 14.7. The number of nitrogens with one attached hydrogen (secondary N) is 3. The maximum absolute atomic E-state index is 15.4. The molecule has 0 saturated carbocycles. The molecule has 3 aromatic rings. The number of guanidine groups is 1. The molecule has 0 bridgehead atoms. The van der Waals surface area contributed by atoms with Crippen LogP contribution in [0.1, 0.15) is 60.2 Å². The van der Waals surface area contributed by atoms with Crippen molar-refractivity contribution < 1.29 is 42.2 Å². The molecule has 2 atom stereocenters. The SMILES string of the molecule is CC(=O)NC[C@H]1CN(c2ccc3c(c2F)CCC/C(=C\N(C)C)C3=O)C(=O)O1.CC(=O)NC[C@H]1CN(c2ccc3c(c2F)CCCc2cnc(N)nc2-3)C(=O)O1.Cl.N=C(N)N. The first-order valence-corrected chi connectivity index (χ1v) is 19.2. The molecule has 4 aliphatic rings. The summed E-state index contributed by atoms with van der Waals surface area (Å²) in [4.78, 5) is 72.0. The van der Waals surface area contributed by atoms with E-state index in [2.05, 4.69) is 32.1 Å². The lowest BCUT2D eigenvalue weighted by molar-refractivity contribution is -0.120. The minimum absolute atomic E-state index is 0. The number of fused-ring (bicyclic) bond motifs is 4. The van der Waals surface area contributed by atoms with E-state index in [1.807, 2.05) is 14.1 Å². The normalized spacial score (nSPS) is 18.2. The van der Waals surface area contributed by atoms with Gasteiger partial charge in [-0.15, -0.1) is 12.4 Å². The Bertz CT molecular complexity index is 2220. The standard InChI is InChI=1S/C20H24FN3O4.C19H20FN5O3.CH5N3.ClH/c1-12(25)22-9-14-11-24(20(27)28-14)17-8-7-16-15(18(17)21)6-4-5-13(19(16)26)10-23(2)3;1-10(26)22-8-12-9-25(19(27)28-12)15-6-5-14-13(16(15)20)4-2-3-11-7-23-18(21)24-17(11)14;2-1(3)4;/h7-8,10,14H,4-6,9,11H2,1-3H3,(H,22,25);5-7,12H,2-4,8-9H2,1H3,(H,22,26)(H2,21,23,24);(H5,2,3,4);1H/b13-10+;;;/t14-;12-;;/m00../s1. The number of ether oxygens (including phenoxy) is 2. The Balaban J connectivity index is 0.000000243. The maximum Gasteiger partial charge on any atom is 0.414 e. The number of hydrogen-bond acceptors (Lipinski definition) is 12. The average molecular weight is 870 g/mol. The minimum atomic E-state index is -0.664. The second kappa shape index (κ2) is 20.6. The summed E-state index contributed by atoms with van der Waals surface area (Å²) in [6.07, 6.45) is 4.71. The van der Waals surface area contributed by atoms with E-state index in [-0.39, 0.29) is 79.5 Å². The quantitative estimate of drug-likeness (QED) is 0.0863. The van der Waals surface area contributed by atoms with E-state index >= 15 is 8.78 Å². The minimum Gasteiger partial charge on any atom is -0.442 e. The van der Waals surface area contributed by atoms with Gasteiger partial charge in [-0.3, -0.25) is 29.6 Å². The van der Waals surface area contributed by atoms with Gasteiger partial charge in [0, 0.05) is 62.6 Å². The van der Waals surface area contributed by atoms with Crippen molar-refractivity contribution in [3.8, 4) is 11.3 Å². The van der Waals surface area contributed by atoms with Crippen molar-refractivity contribution in [2.24, 2.45) is 11.5 Å². The number of nitrogens with two attached hydrogens (primary N) is 3. The molecule has 4 amide bonds. The molecule has 0 spiro atoms. The summed E-state index contributed by atoms with van der Waals surface area (Å²) in [5.74, 6) is -1.84. The molecular weight excluding hydrogens is 820 g/mol. The summed E-state index contributed by atoms with van der Waals surface area (Å²) in [6, 6.07) is 6.36. The molecular formula is C40H50ClF2N11O7. The first-order valence-electron chi connectivity index (χ1n) is 19.2. The summed E-state index contributed by atoms with van der Waals surface area (Å²) in [7, 11) is 3.68. The number of ketones is 1. The third kappa shape index (κ3) is 11.6. The zero-order valence-electron chi connectivity index (χ0n) is 34.2. The van der Waals surface area contributed by atoms with Gasteiger partial charge in [0.05, 0.1) is 43.2 Å². The van der Waals surface area contributed by atoms with Gasteiger partial charge in [-0.2, -0.15) is 0 Å². The Labute approximate surface area is 357 Å². The van der Waals surface area contributed by atoms with Crippen molar-refractivity contribution in [3.05, 3.63) is 76.1 Å². The van der Waals surface area contributed by atoms with Gasteiger partial charge >= 0.3 is 12.2 Å². The Kier molecular flexibility index (Phi) is 15.9. The number of benzene rings is 2. The van der Waals surface area contributed by atoms with Gasteiger partial charge in [-0.1, -0.05) is 6.07 Å². The fourth-order valence-electron chi connectivity index (χ4n) is 7.19. The lowest BCUT2D eigenvalue weighted by Crippen LogP contribution is -2.33. The molecule has 18 nitrogen and oxygen atoms in total. The molecule has 2 fully saturated rings. The number of nitrogen functional groups attached to an aromatic ring is 1. The Morgan fingerprint density at radius 2 is 1.33 bits per heavy atom. The Morgan fingerprint density at radius 3 is 1.82 bits per heavy atom. The van der Waals surface area contributed by atoms with Gasteiger partial charge in [-0.25, -0.2) is 28.3 Å². The van der Waals surface area contributed by atoms with E-state index in [1.54, 1.807) is 35.5 Å². The number of hydrogen-bond donors (Lipinski definition) is 6. The predicted molar refractivity (Wildman–Crippen MR) is 225 cm³/mol. The number of Topliss-reactive ketones (excluding diaryl/α,β-unsaturated/α-hetero) is 1. The molecule has 0 unspecified atom stereocenters. The number of cyclic esters (lactones) is 2. The second-order valence-electron chi connectivity index (χ2n) is 14.7. The van der Waals surface area contributed by atoms with Crippen LogP contribution >= 0.6 is 12.4 Å². The fraction of sp³-hybridized carbons (Fsp3) is 0.400. The van der Waals surface area contributed by atoms with Crippen molar-refractivity contribution in [1.29, 1.82) is 5.41 Å². The number of rotatable bonds is 7. The molecule has 61 heavy (non-hydrogen) atoms. The highest BCUT2D eigenvalue weighted by molar-refractivity contribution is 6.10. The van der Waals surface area contributed by atoms with E-state index in [0.717, 1.165) is 18.4 Å². The van der Waals surface area contributed by atoms with Gasteiger partial charge in [0.15, 0.2) is 23.4 Å². The fourth-order valence-corrected chi connectivity index (χ4v) is 7.19. The molecule has 2 aromatic carbocycles. The number of aryl methyl sites for hydroxylation is 1. The highest BCUT2D eigenvalue weighted by Gasteiger charge is 2.37. The van der Waals surface area contributed by atoms with Crippen LogP contribution < -0.4 is 37.6 Å². The van der Waals surface area contributed by atoms with Crippen LogP contribution in [0.4, 0.5) is 35.7 Å². The van der Waals surface area contributed by atoms with Crippen LogP contribution in [0.5, 0.6) is 0 Å². The number of allylic oxidation sites excluding steroid dienone is 1. The zero-order chi connectivity index (χ0) is 43.8. The smallest absolute Gasteiger partial charge is 0.414 e. The van der Waals surface area contributed by atoms with Gasteiger partial charge in [-0.05, 0) is 67.9 Å². The first kappa shape index (κ1) is 47.1. The van der Waals surface area contributed by atoms with E-state index < -0.39 is 36.0 Å². The van der Waals surface area contributed by atoms with Crippen molar-refractivity contribution in [1.82, 2.24) is 25.5 Å². The molecule has 0 radical (unpaired) electrons. The zero-order valence-corrected chi connectivity index (χ0v) is 35.0. The molecule has 7 rings (SSSR count). The number of carbonyl (C=O) groups excluding carboxylic acids is 5. The largest absolute Gasteiger partial charge is 0.442 e. The lowest BCUT2D eigenvalue weighted by Gasteiger charge is -2.18. The van der Waals surface area contributed by atoms with Crippen molar-refractivity contribution in [2.45, 2.75) is 64.6 Å². The van der Waals surface area contributed by atoms with E-state index in [0.29, 0.717) is 59.2 Å². The lowest BCUT2D eigenvalue weighted by atomic mass is 9.98. The number of nitrogens with zero attached hydrogens (tertiary/aromatic N) is 5. The van der Waals surface area contributed by atoms with Gasteiger partial charge in [0.25, 0.3) is 0 Å².